The van der Waals surface area contributed by atoms with Gasteiger partial charge in [-0.15, -0.1) is 0 Å². The summed E-state index contributed by atoms with van der Waals surface area (Å²) in [5.41, 5.74) is 0.639. The van der Waals surface area contributed by atoms with E-state index in [2.05, 4.69) is 0 Å². The van der Waals surface area contributed by atoms with Crippen molar-refractivity contribution in [3.63, 3.8) is 0 Å². The molecule has 0 aromatic heterocycles. The minimum absolute atomic E-state index is 0.0533. The first-order valence-electron chi connectivity index (χ1n) is 6.74. The van der Waals surface area contributed by atoms with E-state index in [1.165, 1.54) is 18.4 Å². The highest BCUT2D eigenvalue weighted by atomic mass is 32.2. The van der Waals surface area contributed by atoms with Crippen LogP contribution in [0.4, 0.5) is 5.69 Å². The van der Waals surface area contributed by atoms with E-state index in [-0.39, 0.29) is 10.8 Å². The summed E-state index contributed by atoms with van der Waals surface area (Å²) in [6, 6.07) is 6.83. The van der Waals surface area contributed by atoms with E-state index in [1.807, 2.05) is 4.90 Å². The van der Waals surface area contributed by atoms with Crippen LogP contribution < -0.4 is 4.90 Å². The first-order chi connectivity index (χ1) is 9.75. The second-order valence-electron chi connectivity index (χ2n) is 5.55. The van der Waals surface area contributed by atoms with Crippen LogP contribution in [-0.2, 0) is 14.8 Å². The first-order valence-corrected chi connectivity index (χ1v) is 8.18. The van der Waals surface area contributed by atoms with E-state index in [9.17, 15) is 13.2 Å². The van der Waals surface area contributed by atoms with E-state index >= 15 is 0 Å². The third-order valence-corrected chi connectivity index (χ3v) is 5.83. The lowest BCUT2D eigenvalue weighted by molar-refractivity contribution is -0.143. The second-order valence-corrected chi connectivity index (χ2v) is 7.67. The van der Waals surface area contributed by atoms with Gasteiger partial charge in [0, 0.05) is 33.1 Å². The van der Waals surface area contributed by atoms with Crippen LogP contribution in [0, 0.1) is 11.8 Å². The zero-order valence-electron chi connectivity index (χ0n) is 12.4. The third kappa shape index (κ3) is 2.89. The average Bonchev–Trinajstić information content (AvgIpc) is 2.37. The van der Waals surface area contributed by atoms with E-state index in [4.69, 9.17) is 5.11 Å². The molecule has 0 aliphatic carbocycles. The van der Waals surface area contributed by atoms with Gasteiger partial charge in [-0.25, -0.2) is 12.7 Å². The van der Waals surface area contributed by atoms with E-state index in [1.54, 1.807) is 31.2 Å². The van der Waals surface area contributed by atoms with Gasteiger partial charge in [-0.2, -0.15) is 0 Å². The lowest BCUT2D eigenvalue weighted by atomic mass is 9.87. The van der Waals surface area contributed by atoms with E-state index in [0.717, 1.165) is 0 Å². The molecule has 0 amide bonds. The molecule has 0 bridgehead atoms. The van der Waals surface area contributed by atoms with Crippen LogP contribution in [0.3, 0.4) is 0 Å². The fourth-order valence-electron chi connectivity index (χ4n) is 2.36. The quantitative estimate of drug-likeness (QED) is 0.881. The monoisotopic (exact) mass is 312 g/mol. The zero-order chi connectivity index (χ0) is 15.8. The maximum absolute atomic E-state index is 12.3. The molecule has 1 N–H and O–H groups in total. The van der Waals surface area contributed by atoms with Gasteiger partial charge in [-0.3, -0.25) is 4.79 Å². The molecule has 0 saturated carbocycles. The van der Waals surface area contributed by atoms with Crippen LogP contribution in [-0.4, -0.2) is 51.0 Å². The number of anilines is 1. The largest absolute Gasteiger partial charge is 0.481 e. The zero-order valence-corrected chi connectivity index (χ0v) is 13.2. The van der Waals surface area contributed by atoms with Gasteiger partial charge in [-0.1, -0.05) is 19.1 Å². The van der Waals surface area contributed by atoms with Crippen LogP contribution >= 0.6 is 0 Å². The molecule has 7 heteroatoms. The lowest BCUT2D eigenvalue weighted by Crippen LogP contribution is -2.51. The Kier molecular flexibility index (Phi) is 4.25. The van der Waals surface area contributed by atoms with Crippen molar-refractivity contribution in [1.82, 2.24) is 4.31 Å². The molecule has 1 aliphatic heterocycles. The van der Waals surface area contributed by atoms with Gasteiger partial charge in [0.1, 0.15) is 4.90 Å². The Balaban J connectivity index is 2.23. The number of sulfonamides is 1. The maximum Gasteiger partial charge on any atom is 0.306 e. The molecule has 1 atom stereocenters. The molecule has 1 heterocycles. The lowest BCUT2D eigenvalue weighted by Gasteiger charge is -2.43. The van der Waals surface area contributed by atoms with Crippen LogP contribution in [0.15, 0.2) is 29.2 Å². The molecule has 0 radical (unpaired) electrons. The number of hydrogen-bond donors (Lipinski definition) is 1. The fraction of sp³-hybridized carbons (Fsp3) is 0.500. The third-order valence-electron chi connectivity index (χ3n) is 3.97. The van der Waals surface area contributed by atoms with E-state index < -0.39 is 21.9 Å². The van der Waals surface area contributed by atoms with Gasteiger partial charge in [0.25, 0.3) is 0 Å². The molecular weight excluding hydrogens is 292 g/mol. The molecule has 0 spiro atoms. The van der Waals surface area contributed by atoms with Crippen molar-refractivity contribution in [2.24, 2.45) is 11.8 Å². The number of carboxylic acid groups (broad SMARTS) is 1. The normalized spacial score (nSPS) is 17.6. The Hall–Kier alpha value is -1.60. The molecule has 1 aromatic rings. The van der Waals surface area contributed by atoms with Gasteiger partial charge in [0.05, 0.1) is 11.6 Å². The number of benzene rings is 1. The number of carbonyl (C=O) groups is 1. The standard InChI is InChI=1S/C14H20N2O4S/c1-10(14(17)18)11-8-16(9-11)12-6-4-5-7-13(12)21(19,20)15(2)3/h4-7,10-11H,8-9H2,1-3H3,(H,17,18). The number of nitrogens with zero attached hydrogens (tertiary/aromatic N) is 2. The molecule has 1 unspecified atom stereocenters. The molecule has 2 rings (SSSR count). The summed E-state index contributed by atoms with van der Waals surface area (Å²) in [5.74, 6) is -1.18. The van der Waals surface area contributed by atoms with Crippen molar-refractivity contribution in [2.45, 2.75) is 11.8 Å². The average molecular weight is 312 g/mol. The number of carboxylic acids is 1. The van der Waals surface area contributed by atoms with Crippen molar-refractivity contribution >= 4 is 21.7 Å². The topological polar surface area (TPSA) is 77.9 Å². The minimum atomic E-state index is -3.51. The fourth-order valence-corrected chi connectivity index (χ4v) is 3.47. The Bertz CT molecular complexity index is 636. The molecule has 1 saturated heterocycles. The maximum atomic E-state index is 12.3. The summed E-state index contributed by atoms with van der Waals surface area (Å²) in [5, 5.41) is 9.01. The Morgan fingerprint density at radius 1 is 1.33 bits per heavy atom. The van der Waals surface area contributed by atoms with Crippen molar-refractivity contribution < 1.29 is 18.3 Å². The summed E-state index contributed by atoms with van der Waals surface area (Å²) in [4.78, 5) is 13.1. The summed E-state index contributed by atoms with van der Waals surface area (Å²) in [7, 11) is -0.512. The summed E-state index contributed by atoms with van der Waals surface area (Å²) in [6.07, 6.45) is 0. The summed E-state index contributed by atoms with van der Waals surface area (Å²) in [6.45, 7) is 2.81. The van der Waals surface area contributed by atoms with E-state index in [0.29, 0.717) is 18.8 Å². The molecular formula is C14H20N2O4S. The summed E-state index contributed by atoms with van der Waals surface area (Å²) < 4.78 is 25.8. The summed E-state index contributed by atoms with van der Waals surface area (Å²) >= 11 is 0. The molecule has 21 heavy (non-hydrogen) atoms. The second kappa shape index (κ2) is 5.65. The number of para-hydroxylation sites is 1. The highest BCUT2D eigenvalue weighted by Gasteiger charge is 2.36. The SMILES string of the molecule is CC(C(=O)O)C1CN(c2ccccc2S(=O)(=O)N(C)C)C1. The predicted molar refractivity (Wildman–Crippen MR) is 79.8 cm³/mol. The van der Waals surface area contributed by atoms with Crippen LogP contribution in [0.2, 0.25) is 0 Å². The number of hydrogen-bond acceptors (Lipinski definition) is 4. The predicted octanol–water partition coefficient (Wildman–Crippen LogP) is 1.09. The number of rotatable bonds is 5. The Labute approximate surface area is 125 Å². The highest BCUT2D eigenvalue weighted by Crippen LogP contribution is 2.34. The number of aliphatic carboxylic acids is 1. The smallest absolute Gasteiger partial charge is 0.306 e. The molecule has 1 fully saturated rings. The van der Waals surface area contributed by atoms with Gasteiger partial charge in [0.2, 0.25) is 10.0 Å². The molecule has 6 nitrogen and oxygen atoms in total. The molecule has 1 aliphatic rings. The van der Waals surface area contributed by atoms with Crippen LogP contribution in [0.25, 0.3) is 0 Å². The van der Waals surface area contributed by atoms with Crippen molar-refractivity contribution in [3.05, 3.63) is 24.3 Å². The first kappa shape index (κ1) is 15.8. The Morgan fingerprint density at radius 3 is 2.43 bits per heavy atom. The van der Waals surface area contributed by atoms with Crippen molar-refractivity contribution in [1.29, 1.82) is 0 Å². The Morgan fingerprint density at radius 2 is 1.90 bits per heavy atom. The molecule has 1 aromatic carbocycles. The van der Waals surface area contributed by atoms with Crippen LogP contribution in [0.1, 0.15) is 6.92 Å². The van der Waals surface area contributed by atoms with Gasteiger partial charge < -0.3 is 10.0 Å². The van der Waals surface area contributed by atoms with Gasteiger partial charge >= 0.3 is 5.97 Å². The molecule has 116 valence electrons. The van der Waals surface area contributed by atoms with Gasteiger partial charge in [-0.05, 0) is 12.1 Å². The van der Waals surface area contributed by atoms with Gasteiger partial charge in [0.15, 0.2) is 0 Å². The van der Waals surface area contributed by atoms with Crippen LogP contribution in [0.5, 0.6) is 0 Å². The minimum Gasteiger partial charge on any atom is -0.481 e. The highest BCUT2D eigenvalue weighted by molar-refractivity contribution is 7.89. The van der Waals surface area contributed by atoms with Crippen molar-refractivity contribution in [2.75, 3.05) is 32.1 Å². The van der Waals surface area contributed by atoms with Crippen molar-refractivity contribution in [3.8, 4) is 0 Å².